The van der Waals surface area contributed by atoms with Gasteiger partial charge in [0.2, 0.25) is 5.69 Å². The van der Waals surface area contributed by atoms with Gasteiger partial charge in [0.15, 0.2) is 0 Å². The molecule has 0 N–H and O–H groups in total. The molecule has 0 aromatic heterocycles. The highest BCUT2D eigenvalue weighted by Gasteiger charge is 2.22. The zero-order valence-electron chi connectivity index (χ0n) is 9.34. The van der Waals surface area contributed by atoms with E-state index < -0.39 is 11.7 Å². The normalized spacial score (nSPS) is 18.6. The SMILES string of the molecule is O=C(OC(Cl)N1CCOCC1)c1ccccc1. The molecule has 5 heteroatoms. The third-order valence-corrected chi connectivity index (χ3v) is 2.91. The van der Waals surface area contributed by atoms with Crippen LogP contribution in [0.3, 0.4) is 0 Å². The first-order valence-electron chi connectivity index (χ1n) is 5.49. The zero-order chi connectivity index (χ0) is 12.1. The monoisotopic (exact) mass is 255 g/mol. The molecule has 1 heterocycles. The largest absolute Gasteiger partial charge is 0.428 e. The van der Waals surface area contributed by atoms with E-state index in [1.165, 1.54) is 0 Å². The highest BCUT2D eigenvalue weighted by molar-refractivity contribution is 6.20. The maximum absolute atomic E-state index is 11.7. The predicted molar refractivity (Wildman–Crippen MR) is 63.9 cm³/mol. The lowest BCUT2D eigenvalue weighted by atomic mass is 10.2. The number of ether oxygens (including phenoxy) is 2. The van der Waals surface area contributed by atoms with Gasteiger partial charge < -0.3 is 9.47 Å². The Morgan fingerprint density at radius 3 is 2.59 bits per heavy atom. The smallest absolute Gasteiger partial charge is 0.340 e. The van der Waals surface area contributed by atoms with Gasteiger partial charge in [-0.3, -0.25) is 4.90 Å². The number of hydrogen-bond donors (Lipinski definition) is 0. The first kappa shape index (κ1) is 12.4. The van der Waals surface area contributed by atoms with Crippen LogP contribution in [-0.4, -0.2) is 42.9 Å². The molecule has 1 aromatic rings. The molecule has 4 nitrogen and oxygen atoms in total. The van der Waals surface area contributed by atoms with Crippen LogP contribution in [0.1, 0.15) is 10.4 Å². The molecule has 0 aliphatic carbocycles. The van der Waals surface area contributed by atoms with Gasteiger partial charge in [-0.05, 0) is 12.1 Å². The summed E-state index contributed by atoms with van der Waals surface area (Å²) in [6.07, 6.45) is 0. The molecule has 0 saturated carbocycles. The molecule has 0 bridgehead atoms. The molecule has 1 fully saturated rings. The van der Waals surface area contributed by atoms with Crippen LogP contribution in [0.4, 0.5) is 0 Å². The molecular weight excluding hydrogens is 242 g/mol. The summed E-state index contributed by atoms with van der Waals surface area (Å²) in [5, 5.41) is 0. The third kappa shape index (κ3) is 3.43. The third-order valence-electron chi connectivity index (χ3n) is 2.55. The highest BCUT2D eigenvalue weighted by atomic mass is 35.5. The Labute approximate surface area is 105 Å². The van der Waals surface area contributed by atoms with E-state index in [4.69, 9.17) is 21.1 Å². The minimum atomic E-state index is -0.730. The Hall–Kier alpha value is -1.10. The average Bonchev–Trinajstić information content (AvgIpc) is 2.40. The lowest BCUT2D eigenvalue weighted by Gasteiger charge is -2.29. The van der Waals surface area contributed by atoms with Crippen molar-refractivity contribution in [3.8, 4) is 0 Å². The van der Waals surface area contributed by atoms with E-state index in [-0.39, 0.29) is 0 Å². The zero-order valence-corrected chi connectivity index (χ0v) is 10.1. The van der Waals surface area contributed by atoms with Gasteiger partial charge in [0.1, 0.15) is 0 Å². The molecule has 0 radical (unpaired) electrons. The van der Waals surface area contributed by atoms with Gasteiger partial charge in [-0.15, -0.1) is 0 Å². The number of halogens is 1. The molecule has 1 aromatic carbocycles. The van der Waals surface area contributed by atoms with E-state index in [9.17, 15) is 4.79 Å². The Kier molecular flexibility index (Phi) is 4.36. The molecule has 17 heavy (non-hydrogen) atoms. The van der Waals surface area contributed by atoms with Gasteiger partial charge in [-0.1, -0.05) is 29.8 Å². The summed E-state index contributed by atoms with van der Waals surface area (Å²) in [6.45, 7) is 2.59. The molecular formula is C12H14ClNO3. The Morgan fingerprint density at radius 2 is 1.94 bits per heavy atom. The van der Waals surface area contributed by atoms with E-state index in [1.54, 1.807) is 24.3 Å². The number of esters is 1. The number of rotatable bonds is 3. The van der Waals surface area contributed by atoms with Gasteiger partial charge in [0.25, 0.3) is 0 Å². The number of benzene rings is 1. The van der Waals surface area contributed by atoms with Crippen molar-refractivity contribution >= 4 is 17.6 Å². The summed E-state index contributed by atoms with van der Waals surface area (Å²) in [5.41, 5.74) is -0.224. The fourth-order valence-electron chi connectivity index (χ4n) is 1.59. The summed E-state index contributed by atoms with van der Waals surface area (Å²) in [5.74, 6) is -0.405. The predicted octanol–water partition coefficient (Wildman–Crippen LogP) is 1.70. The maximum Gasteiger partial charge on any atom is 0.340 e. The van der Waals surface area contributed by atoms with Crippen molar-refractivity contribution < 1.29 is 14.3 Å². The van der Waals surface area contributed by atoms with Crippen LogP contribution in [-0.2, 0) is 9.47 Å². The van der Waals surface area contributed by atoms with E-state index >= 15 is 0 Å². The number of morpholine rings is 1. The van der Waals surface area contributed by atoms with Gasteiger partial charge >= 0.3 is 5.97 Å². The number of alkyl halides is 1. The average molecular weight is 256 g/mol. The van der Waals surface area contributed by atoms with Crippen molar-refractivity contribution in [3.05, 3.63) is 35.9 Å². The Morgan fingerprint density at radius 1 is 1.29 bits per heavy atom. The summed E-state index contributed by atoms with van der Waals surface area (Å²) >= 11 is 6.03. The molecule has 1 atom stereocenters. The minimum absolute atomic E-state index is 0.405. The van der Waals surface area contributed by atoms with Crippen LogP contribution in [0, 0.1) is 0 Å². The highest BCUT2D eigenvalue weighted by Crippen LogP contribution is 2.12. The van der Waals surface area contributed by atoms with Gasteiger partial charge in [-0.2, -0.15) is 0 Å². The van der Waals surface area contributed by atoms with Crippen LogP contribution in [0.15, 0.2) is 30.3 Å². The molecule has 0 spiro atoms. The van der Waals surface area contributed by atoms with Crippen LogP contribution < -0.4 is 0 Å². The second-order valence-corrected chi connectivity index (χ2v) is 4.09. The number of hydrogen-bond acceptors (Lipinski definition) is 4. The Bertz CT molecular complexity index is 365. The standard InChI is InChI=1S/C12H14ClNO3/c13-12(14-6-8-16-9-7-14)17-11(15)10-4-2-1-3-5-10/h1-5,12H,6-9H2. The van der Waals surface area contributed by atoms with Crippen LogP contribution in [0.5, 0.6) is 0 Å². The quantitative estimate of drug-likeness (QED) is 0.468. The van der Waals surface area contributed by atoms with Gasteiger partial charge in [0.05, 0.1) is 18.8 Å². The summed E-state index contributed by atoms with van der Waals surface area (Å²) in [6, 6.07) is 8.82. The lowest BCUT2D eigenvalue weighted by Crippen LogP contribution is -2.42. The first-order chi connectivity index (χ1) is 8.27. The van der Waals surface area contributed by atoms with Crippen LogP contribution >= 0.6 is 11.6 Å². The summed E-state index contributed by atoms with van der Waals surface area (Å²) < 4.78 is 10.4. The summed E-state index contributed by atoms with van der Waals surface area (Å²) in [4.78, 5) is 13.6. The molecule has 1 saturated heterocycles. The minimum Gasteiger partial charge on any atom is -0.428 e. The maximum atomic E-state index is 11.7. The Balaban J connectivity index is 1.89. The van der Waals surface area contributed by atoms with Crippen LogP contribution in [0.25, 0.3) is 0 Å². The van der Waals surface area contributed by atoms with Crippen molar-refractivity contribution in [2.75, 3.05) is 26.3 Å². The van der Waals surface area contributed by atoms with E-state index in [0.29, 0.717) is 31.9 Å². The van der Waals surface area contributed by atoms with Crippen molar-refractivity contribution in [2.24, 2.45) is 0 Å². The van der Waals surface area contributed by atoms with E-state index in [0.717, 1.165) is 0 Å². The molecule has 1 aliphatic rings. The molecule has 92 valence electrons. The molecule has 2 rings (SSSR count). The summed E-state index contributed by atoms with van der Waals surface area (Å²) in [7, 11) is 0. The van der Waals surface area contributed by atoms with Gasteiger partial charge in [0, 0.05) is 13.1 Å². The first-order valence-corrected chi connectivity index (χ1v) is 5.93. The van der Waals surface area contributed by atoms with Crippen molar-refractivity contribution in [1.29, 1.82) is 0 Å². The number of nitrogens with zero attached hydrogens (tertiary/aromatic N) is 1. The number of carbonyl (C=O) groups excluding carboxylic acids is 1. The molecule has 1 aliphatic heterocycles. The second kappa shape index (κ2) is 6.00. The lowest BCUT2D eigenvalue weighted by molar-refractivity contribution is -0.0382. The van der Waals surface area contributed by atoms with Gasteiger partial charge in [-0.25, -0.2) is 4.79 Å². The fraction of sp³-hybridized carbons (Fsp3) is 0.417. The van der Waals surface area contributed by atoms with Crippen molar-refractivity contribution in [1.82, 2.24) is 4.90 Å². The van der Waals surface area contributed by atoms with Crippen molar-refractivity contribution in [2.45, 2.75) is 5.69 Å². The molecule has 0 amide bonds. The second-order valence-electron chi connectivity index (χ2n) is 3.71. The van der Waals surface area contributed by atoms with E-state index in [2.05, 4.69) is 0 Å². The topological polar surface area (TPSA) is 38.8 Å². The fourth-order valence-corrected chi connectivity index (χ4v) is 1.86. The van der Waals surface area contributed by atoms with Crippen molar-refractivity contribution in [3.63, 3.8) is 0 Å². The number of carbonyl (C=O) groups is 1. The van der Waals surface area contributed by atoms with E-state index in [1.807, 2.05) is 11.0 Å². The molecule has 1 unspecified atom stereocenters. The van der Waals surface area contributed by atoms with Crippen LogP contribution in [0.2, 0.25) is 0 Å².